The van der Waals surface area contributed by atoms with Gasteiger partial charge >= 0.3 is 0 Å². The maximum absolute atomic E-state index is 10.9. The SMILES string of the molecule is C=C[C@@H]1CC([C@H](OC)C(C)C)OC2C[C@@]3(C)C4CCC5C(C)(C)[C@@H](O)CCC56CC46CC[C@]3(C)C21. The molecule has 198 valence electrons. The van der Waals surface area contributed by atoms with E-state index in [1.54, 1.807) is 0 Å². The van der Waals surface area contributed by atoms with Gasteiger partial charge in [-0.25, -0.2) is 0 Å². The molecule has 1 N–H and O–H groups in total. The minimum atomic E-state index is -0.125. The standard InChI is InChI=1S/C32H52O3/c1-9-20-16-21(27(34-8)19(2)3)35-22-17-30(7)24-11-10-23-28(4,5)25(33)12-13-31(23)18-32(24,31)15-14-29(30,6)26(20)22/h9,19-27,33H,1,10-18H2,2-8H3/t20-,21?,22?,23?,24?,25+,26?,27-,29-,30+,31?,32?/m1/s1. The van der Waals surface area contributed by atoms with Gasteiger partial charge < -0.3 is 14.6 Å². The van der Waals surface area contributed by atoms with Gasteiger partial charge in [-0.2, -0.15) is 0 Å². The van der Waals surface area contributed by atoms with Crippen LogP contribution in [0.5, 0.6) is 0 Å². The van der Waals surface area contributed by atoms with Crippen molar-refractivity contribution in [1.82, 2.24) is 0 Å². The summed E-state index contributed by atoms with van der Waals surface area (Å²) in [4.78, 5) is 0. The first kappa shape index (κ1) is 24.9. The van der Waals surface area contributed by atoms with Gasteiger partial charge in [-0.15, -0.1) is 6.58 Å². The zero-order valence-corrected chi connectivity index (χ0v) is 23.6. The summed E-state index contributed by atoms with van der Waals surface area (Å²) in [5.74, 6) is 3.06. The highest BCUT2D eigenvalue weighted by atomic mass is 16.5. The van der Waals surface area contributed by atoms with Crippen molar-refractivity contribution in [2.75, 3.05) is 7.11 Å². The number of hydrogen-bond acceptors (Lipinski definition) is 3. The van der Waals surface area contributed by atoms with Crippen LogP contribution >= 0.6 is 0 Å². The smallest absolute Gasteiger partial charge is 0.0856 e. The first-order valence-electron chi connectivity index (χ1n) is 14.9. The third kappa shape index (κ3) is 2.85. The lowest BCUT2D eigenvalue weighted by molar-refractivity contribution is -0.175. The van der Waals surface area contributed by atoms with E-state index in [1.807, 2.05) is 7.11 Å². The quantitative estimate of drug-likeness (QED) is 0.436. The van der Waals surface area contributed by atoms with Crippen molar-refractivity contribution in [3.63, 3.8) is 0 Å². The van der Waals surface area contributed by atoms with Gasteiger partial charge in [0.2, 0.25) is 0 Å². The van der Waals surface area contributed by atoms with Gasteiger partial charge in [-0.05, 0) is 114 Å². The van der Waals surface area contributed by atoms with Gasteiger partial charge in [0.05, 0.1) is 24.4 Å². The van der Waals surface area contributed by atoms with Gasteiger partial charge in [0.15, 0.2) is 0 Å². The van der Waals surface area contributed by atoms with Crippen LogP contribution in [0.3, 0.4) is 0 Å². The number of aliphatic hydroxyl groups excluding tert-OH is 1. The average Bonchev–Trinajstić information content (AvgIpc) is 3.40. The van der Waals surface area contributed by atoms with Crippen LogP contribution in [0.2, 0.25) is 0 Å². The van der Waals surface area contributed by atoms with Crippen LogP contribution in [0.15, 0.2) is 12.7 Å². The van der Waals surface area contributed by atoms with Gasteiger partial charge in [0.1, 0.15) is 0 Å². The van der Waals surface area contributed by atoms with Crippen molar-refractivity contribution in [2.45, 2.75) is 124 Å². The van der Waals surface area contributed by atoms with Crippen LogP contribution in [-0.4, -0.2) is 36.6 Å². The summed E-state index contributed by atoms with van der Waals surface area (Å²) in [6.07, 6.45) is 14.2. The average molecular weight is 485 g/mol. The van der Waals surface area contributed by atoms with Crippen LogP contribution in [0.4, 0.5) is 0 Å². The molecule has 0 amide bonds. The zero-order valence-electron chi connectivity index (χ0n) is 23.6. The molecule has 0 aromatic rings. The maximum Gasteiger partial charge on any atom is 0.0856 e. The fourth-order valence-corrected chi connectivity index (χ4v) is 12.3. The van der Waals surface area contributed by atoms with E-state index in [1.165, 1.54) is 44.9 Å². The molecule has 5 aliphatic carbocycles. The molecule has 2 spiro atoms. The van der Waals surface area contributed by atoms with E-state index in [9.17, 15) is 5.11 Å². The van der Waals surface area contributed by atoms with Crippen LogP contribution in [0.1, 0.15) is 99.3 Å². The maximum atomic E-state index is 10.9. The van der Waals surface area contributed by atoms with Crippen molar-refractivity contribution in [1.29, 1.82) is 0 Å². The highest BCUT2D eigenvalue weighted by molar-refractivity contribution is 5.31. The topological polar surface area (TPSA) is 38.7 Å². The first-order valence-corrected chi connectivity index (χ1v) is 14.9. The van der Waals surface area contributed by atoms with Crippen molar-refractivity contribution >= 4 is 0 Å². The molecule has 0 aromatic carbocycles. The van der Waals surface area contributed by atoms with Gasteiger partial charge in [0.25, 0.3) is 0 Å². The molecular weight excluding hydrogens is 432 g/mol. The Balaban J connectivity index is 1.34. The Bertz CT molecular complexity index is 880. The number of allylic oxidation sites excluding steroid dienone is 1. The molecule has 3 heteroatoms. The fourth-order valence-electron chi connectivity index (χ4n) is 12.3. The highest BCUT2D eigenvalue weighted by Gasteiger charge is 2.83. The van der Waals surface area contributed by atoms with Gasteiger partial charge in [-0.3, -0.25) is 0 Å². The second kappa shape index (κ2) is 7.60. The normalized spacial score (nSPS) is 56.8. The lowest BCUT2D eigenvalue weighted by Gasteiger charge is -2.63. The molecule has 6 rings (SSSR count). The van der Waals surface area contributed by atoms with Crippen LogP contribution in [-0.2, 0) is 9.47 Å². The predicted molar refractivity (Wildman–Crippen MR) is 141 cm³/mol. The van der Waals surface area contributed by atoms with Crippen molar-refractivity contribution in [3.05, 3.63) is 12.7 Å². The third-order valence-electron chi connectivity index (χ3n) is 14.0. The molecule has 35 heavy (non-hydrogen) atoms. The molecule has 6 fully saturated rings. The Morgan fingerprint density at radius 1 is 0.971 bits per heavy atom. The second-order valence-electron chi connectivity index (χ2n) is 15.4. The highest BCUT2D eigenvalue weighted by Crippen LogP contribution is 2.89. The monoisotopic (exact) mass is 484 g/mol. The van der Waals surface area contributed by atoms with E-state index in [0.29, 0.717) is 51.4 Å². The van der Waals surface area contributed by atoms with Crippen LogP contribution < -0.4 is 0 Å². The summed E-state index contributed by atoms with van der Waals surface area (Å²) in [6, 6.07) is 0. The summed E-state index contributed by atoms with van der Waals surface area (Å²) in [6.45, 7) is 19.0. The molecule has 6 aliphatic rings. The van der Waals surface area contributed by atoms with E-state index in [2.05, 4.69) is 54.2 Å². The van der Waals surface area contributed by atoms with E-state index in [-0.39, 0.29) is 23.7 Å². The Labute approximate surface area is 214 Å². The van der Waals surface area contributed by atoms with Crippen molar-refractivity contribution < 1.29 is 14.6 Å². The van der Waals surface area contributed by atoms with Crippen LogP contribution in [0, 0.1) is 56.7 Å². The lowest BCUT2D eigenvalue weighted by Crippen LogP contribution is -2.58. The lowest BCUT2D eigenvalue weighted by atomic mass is 9.41. The number of ether oxygens (including phenoxy) is 2. The van der Waals surface area contributed by atoms with E-state index in [4.69, 9.17) is 9.47 Å². The van der Waals surface area contributed by atoms with E-state index < -0.39 is 0 Å². The van der Waals surface area contributed by atoms with Crippen molar-refractivity contribution in [3.8, 4) is 0 Å². The molecule has 0 aromatic heterocycles. The van der Waals surface area contributed by atoms with Gasteiger partial charge in [-0.1, -0.05) is 47.6 Å². The number of fused-ring (bicyclic) bond motifs is 4. The minimum Gasteiger partial charge on any atom is -0.393 e. The van der Waals surface area contributed by atoms with Crippen LogP contribution in [0.25, 0.3) is 0 Å². The van der Waals surface area contributed by atoms with E-state index >= 15 is 0 Å². The van der Waals surface area contributed by atoms with Gasteiger partial charge in [0, 0.05) is 7.11 Å². The Morgan fingerprint density at radius 2 is 1.66 bits per heavy atom. The third-order valence-corrected chi connectivity index (χ3v) is 14.0. The zero-order chi connectivity index (χ0) is 25.2. The number of methoxy groups -OCH3 is 1. The molecule has 12 atom stereocenters. The van der Waals surface area contributed by atoms with E-state index in [0.717, 1.165) is 18.8 Å². The Morgan fingerprint density at radius 3 is 2.31 bits per heavy atom. The summed E-state index contributed by atoms with van der Waals surface area (Å²) >= 11 is 0. The fraction of sp³-hybridized carbons (Fsp3) is 0.938. The Hall–Kier alpha value is -0.380. The molecule has 5 saturated carbocycles. The summed E-state index contributed by atoms with van der Waals surface area (Å²) in [7, 11) is 1.86. The largest absolute Gasteiger partial charge is 0.393 e. The minimum absolute atomic E-state index is 0.0638. The first-order chi connectivity index (χ1) is 16.4. The molecule has 1 saturated heterocycles. The number of aliphatic hydroxyl groups is 1. The Kier molecular flexibility index (Phi) is 5.41. The molecule has 3 nitrogen and oxygen atoms in total. The molecule has 1 heterocycles. The molecule has 1 aliphatic heterocycles. The second-order valence-corrected chi connectivity index (χ2v) is 15.4. The summed E-state index contributed by atoms with van der Waals surface area (Å²) < 4.78 is 13.0. The molecular formula is C32H52O3. The number of hydrogen-bond donors (Lipinski definition) is 1. The predicted octanol–water partition coefficient (Wildman–Crippen LogP) is 7.03. The molecule has 7 unspecified atom stereocenters. The molecule has 0 bridgehead atoms. The molecule has 0 radical (unpaired) electrons. The summed E-state index contributed by atoms with van der Waals surface area (Å²) in [5, 5.41) is 10.9. The summed E-state index contributed by atoms with van der Waals surface area (Å²) in [5.41, 5.74) is 1.72. The van der Waals surface area contributed by atoms with Crippen molar-refractivity contribution in [2.24, 2.45) is 56.7 Å². The number of rotatable bonds is 4.